The minimum Gasteiger partial charge on any atom is -0.352 e. The van der Waals surface area contributed by atoms with Crippen LogP contribution in [0.15, 0.2) is 29.2 Å². The Labute approximate surface area is 117 Å². The predicted molar refractivity (Wildman–Crippen MR) is 75.2 cm³/mol. The zero-order valence-electron chi connectivity index (χ0n) is 11.1. The van der Waals surface area contributed by atoms with Gasteiger partial charge in [-0.1, -0.05) is 12.1 Å². The lowest BCUT2D eigenvalue weighted by Crippen LogP contribution is -2.45. The second-order valence-electron chi connectivity index (χ2n) is 4.77. The largest absolute Gasteiger partial charge is 0.352 e. The third kappa shape index (κ3) is 3.47. The third-order valence-electron chi connectivity index (χ3n) is 2.98. The van der Waals surface area contributed by atoms with Gasteiger partial charge in [0.25, 0.3) is 0 Å². The summed E-state index contributed by atoms with van der Waals surface area (Å²) in [6, 6.07) is 5.56. The molecule has 20 heavy (non-hydrogen) atoms. The summed E-state index contributed by atoms with van der Waals surface area (Å²) in [7, 11) is -3.82. The molecule has 0 spiro atoms. The van der Waals surface area contributed by atoms with Crippen LogP contribution < -0.4 is 21.3 Å². The van der Waals surface area contributed by atoms with Crippen molar-refractivity contribution in [3.05, 3.63) is 24.3 Å². The van der Waals surface area contributed by atoms with Crippen LogP contribution in [0.4, 0.5) is 5.69 Å². The number of para-hydroxylation sites is 1. The van der Waals surface area contributed by atoms with E-state index in [2.05, 4.69) is 15.5 Å². The van der Waals surface area contributed by atoms with E-state index < -0.39 is 16.1 Å². The lowest BCUT2D eigenvalue weighted by molar-refractivity contribution is -0.122. The number of hydrazine groups is 1. The Morgan fingerprint density at radius 3 is 2.60 bits per heavy atom. The van der Waals surface area contributed by atoms with Crippen LogP contribution in [-0.4, -0.2) is 26.4 Å². The van der Waals surface area contributed by atoms with E-state index in [0.717, 1.165) is 12.8 Å². The Hall–Kier alpha value is -1.64. The summed E-state index contributed by atoms with van der Waals surface area (Å²) in [6.07, 6.45) is 1.90. The molecule has 0 radical (unpaired) electrons. The Morgan fingerprint density at radius 1 is 1.35 bits per heavy atom. The number of amides is 1. The fourth-order valence-corrected chi connectivity index (χ4v) is 3.10. The van der Waals surface area contributed by atoms with Crippen molar-refractivity contribution >= 4 is 21.6 Å². The van der Waals surface area contributed by atoms with Crippen LogP contribution in [-0.2, 0) is 14.8 Å². The molecule has 1 fully saturated rings. The molecule has 1 amide bonds. The lowest BCUT2D eigenvalue weighted by atomic mass is 10.3. The SMILES string of the molecule is CC(NS(=O)(=O)c1ccccc1NN)C(=O)NC1CC1. The molecular weight excluding hydrogens is 280 g/mol. The van der Waals surface area contributed by atoms with Crippen LogP contribution in [0.5, 0.6) is 0 Å². The molecule has 2 rings (SSSR count). The van der Waals surface area contributed by atoms with Crippen molar-refractivity contribution in [3.8, 4) is 0 Å². The second-order valence-corrected chi connectivity index (χ2v) is 6.45. The van der Waals surface area contributed by atoms with E-state index in [1.54, 1.807) is 18.2 Å². The smallest absolute Gasteiger partial charge is 0.243 e. The van der Waals surface area contributed by atoms with Gasteiger partial charge in [-0.05, 0) is 31.9 Å². The van der Waals surface area contributed by atoms with Crippen LogP contribution in [0.25, 0.3) is 0 Å². The third-order valence-corrected chi connectivity index (χ3v) is 4.58. The second kappa shape index (κ2) is 5.78. The van der Waals surface area contributed by atoms with E-state index in [0.29, 0.717) is 0 Å². The first-order chi connectivity index (χ1) is 9.44. The predicted octanol–water partition coefficient (Wildman–Crippen LogP) is -0.0824. The summed E-state index contributed by atoms with van der Waals surface area (Å²) in [4.78, 5) is 11.8. The Kier molecular flexibility index (Phi) is 4.26. The molecule has 1 unspecified atom stereocenters. The highest BCUT2D eigenvalue weighted by Gasteiger charge is 2.28. The van der Waals surface area contributed by atoms with Crippen molar-refractivity contribution in [1.82, 2.24) is 10.0 Å². The minimum atomic E-state index is -3.82. The summed E-state index contributed by atoms with van der Waals surface area (Å²) in [5, 5.41) is 2.75. The van der Waals surface area contributed by atoms with Gasteiger partial charge in [0.2, 0.25) is 15.9 Å². The average molecular weight is 298 g/mol. The van der Waals surface area contributed by atoms with Crippen molar-refractivity contribution in [2.75, 3.05) is 5.43 Å². The normalized spacial score (nSPS) is 16.5. The van der Waals surface area contributed by atoms with Crippen LogP contribution >= 0.6 is 0 Å². The molecule has 0 saturated heterocycles. The molecule has 1 aliphatic rings. The first-order valence-corrected chi connectivity index (χ1v) is 7.80. The van der Waals surface area contributed by atoms with Gasteiger partial charge < -0.3 is 10.7 Å². The number of rotatable bonds is 6. The highest BCUT2D eigenvalue weighted by Crippen LogP contribution is 2.20. The first kappa shape index (κ1) is 14.8. The highest BCUT2D eigenvalue weighted by atomic mass is 32.2. The molecule has 1 aliphatic carbocycles. The van der Waals surface area contributed by atoms with E-state index in [-0.39, 0.29) is 22.5 Å². The van der Waals surface area contributed by atoms with Gasteiger partial charge in [-0.15, -0.1) is 0 Å². The Bertz CT molecular complexity index is 598. The van der Waals surface area contributed by atoms with Crippen molar-refractivity contribution < 1.29 is 13.2 Å². The summed E-state index contributed by atoms with van der Waals surface area (Å²) in [6.45, 7) is 1.51. The van der Waals surface area contributed by atoms with E-state index >= 15 is 0 Å². The maximum Gasteiger partial charge on any atom is 0.243 e. The fourth-order valence-electron chi connectivity index (χ4n) is 1.72. The van der Waals surface area contributed by atoms with Gasteiger partial charge in [0.1, 0.15) is 4.90 Å². The molecule has 1 aromatic rings. The Morgan fingerprint density at radius 2 is 2.00 bits per heavy atom. The van der Waals surface area contributed by atoms with Gasteiger partial charge in [-0.3, -0.25) is 10.6 Å². The molecule has 0 aliphatic heterocycles. The number of nitrogen functional groups attached to an aromatic ring is 1. The van der Waals surface area contributed by atoms with Crippen molar-refractivity contribution in [2.24, 2.45) is 5.84 Å². The van der Waals surface area contributed by atoms with Crippen molar-refractivity contribution in [2.45, 2.75) is 36.7 Å². The van der Waals surface area contributed by atoms with E-state index in [1.165, 1.54) is 13.0 Å². The monoisotopic (exact) mass is 298 g/mol. The van der Waals surface area contributed by atoms with Gasteiger partial charge >= 0.3 is 0 Å². The van der Waals surface area contributed by atoms with E-state index in [4.69, 9.17) is 5.84 Å². The van der Waals surface area contributed by atoms with Crippen LogP contribution in [0.1, 0.15) is 19.8 Å². The summed E-state index contributed by atoms with van der Waals surface area (Å²) in [5.74, 6) is 4.97. The maximum atomic E-state index is 12.2. The van der Waals surface area contributed by atoms with E-state index in [9.17, 15) is 13.2 Å². The minimum absolute atomic E-state index is 0.00794. The molecule has 7 nitrogen and oxygen atoms in total. The lowest BCUT2D eigenvalue weighted by Gasteiger charge is -2.15. The first-order valence-electron chi connectivity index (χ1n) is 6.32. The van der Waals surface area contributed by atoms with E-state index in [1.807, 2.05) is 0 Å². The van der Waals surface area contributed by atoms with Crippen molar-refractivity contribution in [3.63, 3.8) is 0 Å². The topological polar surface area (TPSA) is 113 Å². The molecule has 0 heterocycles. The molecule has 110 valence electrons. The molecule has 1 atom stereocenters. The van der Waals surface area contributed by atoms with Gasteiger partial charge in [-0.25, -0.2) is 8.42 Å². The number of carbonyl (C=O) groups excluding carboxylic acids is 1. The maximum absolute atomic E-state index is 12.2. The van der Waals surface area contributed by atoms with Crippen LogP contribution in [0.2, 0.25) is 0 Å². The summed E-state index contributed by atoms with van der Waals surface area (Å²) < 4.78 is 26.8. The van der Waals surface area contributed by atoms with Crippen LogP contribution in [0.3, 0.4) is 0 Å². The molecule has 8 heteroatoms. The number of sulfonamides is 1. The zero-order valence-corrected chi connectivity index (χ0v) is 11.9. The number of carbonyl (C=O) groups is 1. The number of nitrogens with two attached hydrogens (primary N) is 1. The van der Waals surface area contributed by atoms with Gasteiger partial charge in [0.05, 0.1) is 11.7 Å². The molecule has 0 bridgehead atoms. The van der Waals surface area contributed by atoms with Crippen LogP contribution in [0, 0.1) is 0 Å². The van der Waals surface area contributed by atoms with Gasteiger partial charge in [0, 0.05) is 6.04 Å². The highest BCUT2D eigenvalue weighted by molar-refractivity contribution is 7.89. The number of nitrogens with one attached hydrogen (secondary N) is 3. The zero-order chi connectivity index (χ0) is 14.8. The number of hydrogen-bond donors (Lipinski definition) is 4. The molecule has 1 saturated carbocycles. The van der Waals surface area contributed by atoms with Gasteiger partial charge in [0.15, 0.2) is 0 Å². The van der Waals surface area contributed by atoms with Crippen molar-refractivity contribution in [1.29, 1.82) is 0 Å². The number of hydrogen-bond acceptors (Lipinski definition) is 5. The average Bonchev–Trinajstić information content (AvgIpc) is 3.22. The molecule has 1 aromatic carbocycles. The van der Waals surface area contributed by atoms with Gasteiger partial charge in [-0.2, -0.15) is 4.72 Å². The Balaban J connectivity index is 2.11. The summed E-state index contributed by atoms with van der Waals surface area (Å²) >= 11 is 0. The molecule has 5 N–H and O–H groups in total. The number of anilines is 1. The number of benzene rings is 1. The standard InChI is InChI=1S/C12H18N4O3S/c1-8(12(17)14-9-6-7-9)16-20(18,19)11-5-3-2-4-10(11)15-13/h2-5,8-9,15-16H,6-7,13H2,1H3,(H,14,17). The quantitative estimate of drug-likeness (QED) is 0.433. The summed E-state index contributed by atoms with van der Waals surface area (Å²) in [5.41, 5.74) is 2.60. The molecular formula is C12H18N4O3S. The fraction of sp³-hybridized carbons (Fsp3) is 0.417. The molecule has 0 aromatic heterocycles.